The monoisotopic (exact) mass is 362 g/mol. The summed E-state index contributed by atoms with van der Waals surface area (Å²) in [4.78, 5) is 26.2. The Morgan fingerprint density at radius 2 is 1.65 bits per heavy atom. The van der Waals surface area contributed by atoms with Gasteiger partial charge in [-0.05, 0) is 43.9 Å². The van der Waals surface area contributed by atoms with Crippen LogP contribution in [0.1, 0.15) is 44.9 Å². The first-order valence-electron chi connectivity index (χ1n) is 9.49. The molecule has 1 saturated heterocycles. The molecule has 1 heterocycles. The Bertz CT molecular complexity index is 626. The van der Waals surface area contributed by atoms with Crippen LogP contribution in [0, 0.1) is 5.82 Å². The zero-order valence-corrected chi connectivity index (χ0v) is 15.0. The number of carbonyl (C=O) groups excluding carboxylic acids is 2. The van der Waals surface area contributed by atoms with E-state index in [1.54, 1.807) is 12.1 Å². The lowest BCUT2D eigenvalue weighted by Crippen LogP contribution is -2.52. The lowest BCUT2D eigenvalue weighted by Gasteiger charge is -2.34. The highest BCUT2D eigenvalue weighted by Gasteiger charge is 2.25. The Balaban J connectivity index is 1.39. The van der Waals surface area contributed by atoms with Gasteiger partial charge >= 0.3 is 12.1 Å². The Morgan fingerprint density at radius 3 is 2.35 bits per heavy atom. The van der Waals surface area contributed by atoms with Gasteiger partial charge in [0.25, 0.3) is 0 Å². The van der Waals surface area contributed by atoms with Crippen LogP contribution in [0.15, 0.2) is 24.3 Å². The van der Waals surface area contributed by atoms with Gasteiger partial charge in [-0.25, -0.2) is 14.0 Å². The molecule has 0 spiro atoms. The van der Waals surface area contributed by atoms with Gasteiger partial charge in [0.1, 0.15) is 5.82 Å². The number of halogens is 1. The van der Waals surface area contributed by atoms with Crippen molar-refractivity contribution in [2.75, 3.05) is 18.4 Å². The number of piperidine rings is 1. The summed E-state index contributed by atoms with van der Waals surface area (Å²) in [6.45, 7) is 1.26. The summed E-state index contributed by atoms with van der Waals surface area (Å²) in [5.41, 5.74) is 0.423. The molecule has 26 heavy (non-hydrogen) atoms. The van der Waals surface area contributed by atoms with Crippen molar-refractivity contribution < 1.29 is 14.0 Å². The van der Waals surface area contributed by atoms with Crippen LogP contribution in [-0.4, -0.2) is 42.1 Å². The molecule has 1 saturated carbocycles. The molecule has 7 heteroatoms. The number of carbonyl (C=O) groups is 2. The van der Waals surface area contributed by atoms with Gasteiger partial charge < -0.3 is 20.9 Å². The van der Waals surface area contributed by atoms with Crippen LogP contribution in [-0.2, 0) is 0 Å². The fourth-order valence-corrected chi connectivity index (χ4v) is 3.66. The summed E-state index contributed by atoms with van der Waals surface area (Å²) in [6, 6.07) is 5.79. The molecule has 3 rings (SSSR count). The van der Waals surface area contributed by atoms with E-state index in [0.717, 1.165) is 12.8 Å². The molecule has 4 amide bonds. The summed E-state index contributed by atoms with van der Waals surface area (Å²) in [5, 5.41) is 8.67. The molecule has 0 bridgehead atoms. The second-order valence-corrected chi connectivity index (χ2v) is 7.15. The summed E-state index contributed by atoms with van der Waals surface area (Å²) in [6.07, 6.45) is 7.23. The Morgan fingerprint density at radius 1 is 0.962 bits per heavy atom. The summed E-state index contributed by atoms with van der Waals surface area (Å²) < 4.78 is 13.1. The second kappa shape index (κ2) is 8.87. The van der Waals surface area contributed by atoms with E-state index in [9.17, 15) is 14.0 Å². The molecule has 142 valence electrons. The number of nitrogens with zero attached hydrogens (tertiary/aromatic N) is 1. The highest BCUT2D eigenvalue weighted by atomic mass is 19.1. The zero-order valence-electron chi connectivity index (χ0n) is 15.0. The maximum absolute atomic E-state index is 13.1. The standard InChI is InChI=1S/C19H27FN4O2/c20-14-5-4-8-17(13-14)22-18(25)21-16-9-11-24(12-10-16)19(26)23-15-6-2-1-3-7-15/h4-5,8,13,15-16H,1-3,6-7,9-12H2,(H,23,26)(H2,21,22,25). The van der Waals surface area contributed by atoms with E-state index in [1.807, 2.05) is 4.90 Å². The smallest absolute Gasteiger partial charge is 0.319 e. The zero-order chi connectivity index (χ0) is 18.4. The fraction of sp³-hybridized carbons (Fsp3) is 0.579. The Labute approximate surface area is 153 Å². The lowest BCUT2D eigenvalue weighted by atomic mass is 9.95. The number of likely N-dealkylation sites (tertiary alicyclic amines) is 1. The van der Waals surface area contributed by atoms with Gasteiger partial charge in [0.15, 0.2) is 0 Å². The Kier molecular flexibility index (Phi) is 6.30. The summed E-state index contributed by atoms with van der Waals surface area (Å²) in [5.74, 6) is -0.389. The van der Waals surface area contributed by atoms with Crippen LogP contribution < -0.4 is 16.0 Å². The van der Waals surface area contributed by atoms with Crippen LogP contribution in [0.2, 0.25) is 0 Å². The molecule has 3 N–H and O–H groups in total. The minimum Gasteiger partial charge on any atom is -0.335 e. The van der Waals surface area contributed by atoms with Crippen molar-refractivity contribution in [3.8, 4) is 0 Å². The molecule has 0 radical (unpaired) electrons. The van der Waals surface area contributed by atoms with Gasteiger partial charge in [-0.15, -0.1) is 0 Å². The van der Waals surface area contributed by atoms with Crippen LogP contribution in [0.3, 0.4) is 0 Å². The second-order valence-electron chi connectivity index (χ2n) is 7.15. The summed E-state index contributed by atoms with van der Waals surface area (Å²) >= 11 is 0. The van der Waals surface area contributed by atoms with Crippen molar-refractivity contribution in [3.63, 3.8) is 0 Å². The molecule has 1 aromatic rings. The van der Waals surface area contributed by atoms with Gasteiger partial charge in [0.05, 0.1) is 0 Å². The van der Waals surface area contributed by atoms with E-state index in [-0.39, 0.29) is 23.9 Å². The lowest BCUT2D eigenvalue weighted by molar-refractivity contribution is 0.170. The van der Waals surface area contributed by atoms with Crippen molar-refractivity contribution in [1.82, 2.24) is 15.5 Å². The van der Waals surface area contributed by atoms with Crippen molar-refractivity contribution in [1.29, 1.82) is 0 Å². The van der Waals surface area contributed by atoms with Crippen molar-refractivity contribution in [2.24, 2.45) is 0 Å². The van der Waals surface area contributed by atoms with E-state index in [4.69, 9.17) is 0 Å². The predicted molar refractivity (Wildman–Crippen MR) is 98.6 cm³/mol. The highest BCUT2D eigenvalue weighted by molar-refractivity contribution is 5.89. The molecule has 1 aromatic carbocycles. The third-order valence-corrected chi connectivity index (χ3v) is 5.13. The summed E-state index contributed by atoms with van der Waals surface area (Å²) in [7, 11) is 0. The average Bonchev–Trinajstić information content (AvgIpc) is 2.63. The molecule has 0 atom stereocenters. The molecule has 1 aliphatic carbocycles. The minimum absolute atomic E-state index is 0.0135. The number of rotatable bonds is 3. The van der Waals surface area contributed by atoms with Gasteiger partial charge in [0.2, 0.25) is 0 Å². The molecule has 6 nitrogen and oxygen atoms in total. The van der Waals surface area contributed by atoms with Gasteiger partial charge in [-0.3, -0.25) is 0 Å². The first-order valence-corrected chi connectivity index (χ1v) is 9.49. The van der Waals surface area contributed by atoms with Crippen LogP contribution in [0.4, 0.5) is 19.7 Å². The van der Waals surface area contributed by atoms with E-state index in [0.29, 0.717) is 37.7 Å². The Hall–Kier alpha value is -2.31. The maximum Gasteiger partial charge on any atom is 0.319 e. The van der Waals surface area contributed by atoms with Crippen molar-refractivity contribution >= 4 is 17.7 Å². The third kappa shape index (κ3) is 5.34. The molecular formula is C19H27FN4O2. The van der Waals surface area contributed by atoms with E-state index < -0.39 is 0 Å². The number of hydrogen-bond acceptors (Lipinski definition) is 2. The largest absolute Gasteiger partial charge is 0.335 e. The van der Waals surface area contributed by atoms with Crippen LogP contribution in [0.5, 0.6) is 0 Å². The number of hydrogen-bond donors (Lipinski definition) is 3. The van der Waals surface area contributed by atoms with E-state index in [1.165, 1.54) is 31.4 Å². The highest BCUT2D eigenvalue weighted by Crippen LogP contribution is 2.18. The first-order chi connectivity index (χ1) is 12.6. The average molecular weight is 362 g/mol. The molecule has 1 aliphatic heterocycles. The fourth-order valence-electron chi connectivity index (χ4n) is 3.66. The number of anilines is 1. The van der Waals surface area contributed by atoms with Crippen LogP contribution >= 0.6 is 0 Å². The number of nitrogens with one attached hydrogen (secondary N) is 3. The molecular weight excluding hydrogens is 335 g/mol. The number of urea groups is 2. The molecule has 2 aliphatic rings. The van der Waals surface area contributed by atoms with E-state index >= 15 is 0 Å². The molecule has 0 aromatic heterocycles. The topological polar surface area (TPSA) is 73.5 Å². The minimum atomic E-state index is -0.389. The van der Waals surface area contributed by atoms with Crippen LogP contribution in [0.25, 0.3) is 0 Å². The number of amides is 4. The molecule has 0 unspecified atom stereocenters. The van der Waals surface area contributed by atoms with Gasteiger partial charge in [0, 0.05) is 30.9 Å². The van der Waals surface area contributed by atoms with Crippen molar-refractivity contribution in [3.05, 3.63) is 30.1 Å². The number of benzene rings is 1. The first kappa shape index (κ1) is 18.5. The molecule has 2 fully saturated rings. The van der Waals surface area contributed by atoms with Crippen molar-refractivity contribution in [2.45, 2.75) is 57.0 Å². The van der Waals surface area contributed by atoms with Gasteiger partial charge in [-0.1, -0.05) is 25.3 Å². The predicted octanol–water partition coefficient (Wildman–Crippen LogP) is 3.45. The quantitative estimate of drug-likeness (QED) is 0.770. The normalized spacial score (nSPS) is 19.0. The van der Waals surface area contributed by atoms with Gasteiger partial charge in [-0.2, -0.15) is 0 Å². The SMILES string of the molecule is O=C(Nc1cccc(F)c1)NC1CCN(C(=O)NC2CCCCC2)CC1. The maximum atomic E-state index is 13.1. The van der Waals surface area contributed by atoms with E-state index in [2.05, 4.69) is 16.0 Å². The third-order valence-electron chi connectivity index (χ3n) is 5.13.